The summed E-state index contributed by atoms with van der Waals surface area (Å²) in [4.78, 5) is 12.2. The van der Waals surface area contributed by atoms with Crippen LogP contribution in [0.4, 0.5) is 4.39 Å². The van der Waals surface area contributed by atoms with E-state index in [1.807, 2.05) is 0 Å². The number of hydrogen-bond acceptors (Lipinski definition) is 4. The van der Waals surface area contributed by atoms with Crippen molar-refractivity contribution >= 4 is 11.6 Å². The molecule has 0 bridgehead atoms. The van der Waals surface area contributed by atoms with Crippen LogP contribution in [0.15, 0.2) is 61.2 Å². The third-order valence-electron chi connectivity index (χ3n) is 3.52. The van der Waals surface area contributed by atoms with Gasteiger partial charge in [-0.1, -0.05) is 18.7 Å². The van der Waals surface area contributed by atoms with Crippen molar-refractivity contribution in [3.05, 3.63) is 78.3 Å². The molecule has 3 aromatic rings. The molecule has 126 valence electrons. The van der Waals surface area contributed by atoms with Crippen molar-refractivity contribution < 1.29 is 14.3 Å². The second-order valence-electron chi connectivity index (χ2n) is 5.25. The van der Waals surface area contributed by atoms with Crippen LogP contribution in [0.1, 0.15) is 16.1 Å². The minimum absolute atomic E-state index is 0.0504. The van der Waals surface area contributed by atoms with E-state index in [4.69, 9.17) is 0 Å². The number of phenols is 1. The first-order valence-corrected chi connectivity index (χ1v) is 7.39. The molecule has 4 N–H and O–H groups in total. The maximum atomic E-state index is 13.0. The molecule has 7 heteroatoms. The highest BCUT2D eigenvalue weighted by molar-refractivity contribution is 5.93. The Hall–Kier alpha value is -3.61. The average Bonchev–Trinajstić information content (AvgIpc) is 3.10. The SMILES string of the molecule is C=C(NNC(=O)c1cc(-c2ccc(F)cc2)n[nH]1)c1ccccc1O. The van der Waals surface area contributed by atoms with Crippen molar-refractivity contribution in [2.24, 2.45) is 0 Å². The number of carbonyl (C=O) groups excluding carboxylic acids is 1. The zero-order chi connectivity index (χ0) is 17.8. The van der Waals surface area contributed by atoms with Crippen LogP contribution < -0.4 is 10.9 Å². The van der Waals surface area contributed by atoms with Gasteiger partial charge in [0, 0.05) is 11.1 Å². The van der Waals surface area contributed by atoms with E-state index < -0.39 is 5.91 Å². The molecule has 0 spiro atoms. The van der Waals surface area contributed by atoms with E-state index in [1.54, 1.807) is 36.4 Å². The monoisotopic (exact) mass is 338 g/mol. The summed E-state index contributed by atoms with van der Waals surface area (Å²) in [6, 6.07) is 14.0. The predicted octanol–water partition coefficient (Wildman–Crippen LogP) is 2.83. The normalized spacial score (nSPS) is 10.3. The molecule has 0 unspecified atom stereocenters. The van der Waals surface area contributed by atoms with Crippen LogP contribution in [0.5, 0.6) is 5.75 Å². The number of nitrogens with zero attached hydrogens (tertiary/aromatic N) is 1. The molecule has 0 aliphatic heterocycles. The van der Waals surface area contributed by atoms with E-state index in [0.29, 0.717) is 22.5 Å². The average molecular weight is 338 g/mol. The fourth-order valence-electron chi connectivity index (χ4n) is 2.20. The van der Waals surface area contributed by atoms with Gasteiger partial charge in [0.2, 0.25) is 0 Å². The Labute approximate surface area is 143 Å². The highest BCUT2D eigenvalue weighted by Crippen LogP contribution is 2.21. The first-order valence-electron chi connectivity index (χ1n) is 7.39. The van der Waals surface area contributed by atoms with Crippen LogP contribution >= 0.6 is 0 Å². The standard InChI is InChI=1S/C18H15FN4O2/c1-11(14-4-2-3-5-17(14)24)20-23-18(25)16-10-15(21-22-16)12-6-8-13(19)9-7-12/h2-10,20,24H,1H2,(H,21,22)(H,23,25). The molecular weight excluding hydrogens is 323 g/mol. The summed E-state index contributed by atoms with van der Waals surface area (Å²) in [5.74, 6) is -0.754. The molecule has 0 saturated heterocycles. The van der Waals surface area contributed by atoms with Crippen molar-refractivity contribution in [3.63, 3.8) is 0 Å². The Bertz CT molecular complexity index is 919. The first-order chi connectivity index (χ1) is 12.0. The van der Waals surface area contributed by atoms with Gasteiger partial charge in [-0.05, 0) is 42.5 Å². The molecule has 0 atom stereocenters. The summed E-state index contributed by atoms with van der Waals surface area (Å²) in [6.45, 7) is 3.77. The molecule has 0 radical (unpaired) electrons. The number of aromatic nitrogens is 2. The predicted molar refractivity (Wildman–Crippen MR) is 91.7 cm³/mol. The summed E-state index contributed by atoms with van der Waals surface area (Å²) in [5, 5.41) is 16.4. The van der Waals surface area contributed by atoms with E-state index >= 15 is 0 Å². The molecule has 25 heavy (non-hydrogen) atoms. The lowest BCUT2D eigenvalue weighted by atomic mass is 10.1. The van der Waals surface area contributed by atoms with Crippen molar-refractivity contribution in [2.45, 2.75) is 0 Å². The van der Waals surface area contributed by atoms with Crippen LogP contribution in [0.2, 0.25) is 0 Å². The molecule has 2 aromatic carbocycles. The Morgan fingerprint density at radius 1 is 1.12 bits per heavy atom. The zero-order valence-corrected chi connectivity index (χ0v) is 13.1. The van der Waals surface area contributed by atoms with E-state index in [-0.39, 0.29) is 17.3 Å². The summed E-state index contributed by atoms with van der Waals surface area (Å²) in [6.07, 6.45) is 0. The fraction of sp³-hybridized carbons (Fsp3) is 0. The topological polar surface area (TPSA) is 90.0 Å². The van der Waals surface area contributed by atoms with Gasteiger partial charge in [-0.2, -0.15) is 5.10 Å². The van der Waals surface area contributed by atoms with Gasteiger partial charge in [0.05, 0.1) is 11.4 Å². The van der Waals surface area contributed by atoms with Gasteiger partial charge in [-0.15, -0.1) is 0 Å². The maximum absolute atomic E-state index is 13.0. The highest BCUT2D eigenvalue weighted by atomic mass is 19.1. The van der Waals surface area contributed by atoms with E-state index in [9.17, 15) is 14.3 Å². The Morgan fingerprint density at radius 2 is 1.84 bits per heavy atom. The lowest BCUT2D eigenvalue weighted by Crippen LogP contribution is -2.36. The number of halogens is 1. The van der Waals surface area contributed by atoms with E-state index in [1.165, 1.54) is 18.2 Å². The largest absolute Gasteiger partial charge is 0.507 e. The zero-order valence-electron chi connectivity index (χ0n) is 13.1. The summed E-state index contributed by atoms with van der Waals surface area (Å²) >= 11 is 0. The van der Waals surface area contributed by atoms with E-state index in [0.717, 1.165) is 0 Å². The van der Waals surface area contributed by atoms with Gasteiger partial charge in [0.25, 0.3) is 5.91 Å². The van der Waals surface area contributed by atoms with Crippen molar-refractivity contribution in [1.29, 1.82) is 0 Å². The first kappa shape index (κ1) is 16.3. The molecule has 3 rings (SSSR count). The van der Waals surface area contributed by atoms with Gasteiger partial charge in [-0.3, -0.25) is 20.7 Å². The third-order valence-corrected chi connectivity index (χ3v) is 3.52. The Kier molecular flexibility index (Phi) is 4.47. The molecule has 0 fully saturated rings. The van der Waals surface area contributed by atoms with Crippen LogP contribution in [-0.2, 0) is 0 Å². The number of H-pyrrole nitrogens is 1. The van der Waals surface area contributed by atoms with Gasteiger partial charge in [0.1, 0.15) is 17.3 Å². The molecular formula is C18H15FN4O2. The number of aromatic amines is 1. The minimum atomic E-state index is -0.461. The number of benzene rings is 2. The minimum Gasteiger partial charge on any atom is -0.507 e. The summed E-state index contributed by atoms with van der Waals surface area (Å²) in [5.41, 5.74) is 7.34. The van der Waals surface area contributed by atoms with Crippen LogP contribution in [0.25, 0.3) is 17.0 Å². The molecule has 0 aliphatic rings. The van der Waals surface area contributed by atoms with Gasteiger partial charge in [0.15, 0.2) is 0 Å². The van der Waals surface area contributed by atoms with Gasteiger partial charge in [-0.25, -0.2) is 4.39 Å². The van der Waals surface area contributed by atoms with Crippen molar-refractivity contribution in [3.8, 4) is 17.0 Å². The number of amides is 1. The van der Waals surface area contributed by atoms with Crippen LogP contribution in [0.3, 0.4) is 0 Å². The number of aromatic hydroxyl groups is 1. The Morgan fingerprint density at radius 3 is 2.56 bits per heavy atom. The number of hydrogen-bond donors (Lipinski definition) is 4. The molecule has 0 aliphatic carbocycles. The lowest BCUT2D eigenvalue weighted by molar-refractivity contribution is 0.0937. The van der Waals surface area contributed by atoms with Gasteiger partial charge >= 0.3 is 0 Å². The quantitative estimate of drug-likeness (QED) is 0.539. The molecule has 0 saturated carbocycles. The second-order valence-corrected chi connectivity index (χ2v) is 5.25. The number of phenolic OH excluding ortho intramolecular Hbond substituents is 1. The summed E-state index contributed by atoms with van der Waals surface area (Å²) in [7, 11) is 0. The Balaban J connectivity index is 1.65. The maximum Gasteiger partial charge on any atom is 0.287 e. The van der Waals surface area contributed by atoms with Crippen molar-refractivity contribution in [1.82, 2.24) is 21.0 Å². The molecule has 6 nitrogen and oxygen atoms in total. The number of rotatable bonds is 5. The number of carbonyl (C=O) groups is 1. The third kappa shape index (κ3) is 3.66. The number of nitrogens with one attached hydrogen (secondary N) is 3. The molecule has 1 amide bonds. The highest BCUT2D eigenvalue weighted by Gasteiger charge is 2.12. The molecule has 1 aromatic heterocycles. The van der Waals surface area contributed by atoms with Crippen LogP contribution in [0, 0.1) is 5.82 Å². The van der Waals surface area contributed by atoms with Crippen LogP contribution in [-0.4, -0.2) is 21.2 Å². The number of hydrazine groups is 1. The van der Waals surface area contributed by atoms with Gasteiger partial charge < -0.3 is 5.11 Å². The lowest BCUT2D eigenvalue weighted by Gasteiger charge is -2.11. The van der Waals surface area contributed by atoms with E-state index in [2.05, 4.69) is 27.6 Å². The number of para-hydroxylation sites is 1. The second kappa shape index (κ2) is 6.88. The summed E-state index contributed by atoms with van der Waals surface area (Å²) < 4.78 is 13.0. The fourth-order valence-corrected chi connectivity index (χ4v) is 2.20. The van der Waals surface area contributed by atoms with Crippen molar-refractivity contribution in [2.75, 3.05) is 0 Å². The molecule has 1 heterocycles. The smallest absolute Gasteiger partial charge is 0.287 e.